The van der Waals surface area contributed by atoms with Crippen molar-refractivity contribution in [2.75, 3.05) is 6.54 Å². The van der Waals surface area contributed by atoms with Crippen molar-refractivity contribution in [2.24, 2.45) is 0 Å². The Balaban J connectivity index is 2.29. The second kappa shape index (κ2) is 4.67. The molecule has 0 saturated heterocycles. The number of hydrogen-bond acceptors (Lipinski definition) is 2. The summed E-state index contributed by atoms with van der Waals surface area (Å²) >= 11 is 1.87. The molecule has 0 fully saturated rings. The molecular formula is C13H17NS. The molecular weight excluding hydrogens is 202 g/mol. The number of rotatable bonds is 3. The first kappa shape index (κ1) is 10.5. The van der Waals surface area contributed by atoms with Crippen molar-refractivity contribution in [2.45, 2.75) is 26.3 Å². The Morgan fingerprint density at radius 2 is 2.20 bits per heavy atom. The van der Waals surface area contributed by atoms with Crippen LogP contribution in [0.3, 0.4) is 0 Å². The summed E-state index contributed by atoms with van der Waals surface area (Å²) in [6.07, 6.45) is 9.86. The van der Waals surface area contributed by atoms with Crippen molar-refractivity contribution in [1.29, 1.82) is 0 Å². The standard InChI is InChI=1S/C13H17NS/c1-3-11-8-10-15-13(11)12-7-5-6-9-14(12)4-2/h5-10,12H,3-4H2,1-2H3. The van der Waals surface area contributed by atoms with Crippen LogP contribution in [0.5, 0.6) is 0 Å². The smallest absolute Gasteiger partial charge is 0.0819 e. The van der Waals surface area contributed by atoms with Crippen LogP contribution in [0.25, 0.3) is 0 Å². The van der Waals surface area contributed by atoms with E-state index in [0.29, 0.717) is 6.04 Å². The van der Waals surface area contributed by atoms with E-state index in [9.17, 15) is 0 Å². The molecule has 1 nitrogen and oxygen atoms in total. The third-order valence-electron chi connectivity index (χ3n) is 2.83. The molecule has 0 aromatic carbocycles. The van der Waals surface area contributed by atoms with Gasteiger partial charge in [0.05, 0.1) is 6.04 Å². The summed E-state index contributed by atoms with van der Waals surface area (Å²) in [7, 11) is 0. The maximum absolute atomic E-state index is 2.38. The van der Waals surface area contributed by atoms with Gasteiger partial charge < -0.3 is 4.90 Å². The van der Waals surface area contributed by atoms with Gasteiger partial charge in [0.15, 0.2) is 0 Å². The van der Waals surface area contributed by atoms with Gasteiger partial charge in [-0.2, -0.15) is 0 Å². The minimum absolute atomic E-state index is 0.454. The third kappa shape index (κ3) is 2.00. The minimum atomic E-state index is 0.454. The van der Waals surface area contributed by atoms with Gasteiger partial charge in [0.25, 0.3) is 0 Å². The normalized spacial score (nSPS) is 19.9. The lowest BCUT2D eigenvalue weighted by Crippen LogP contribution is -2.23. The predicted octanol–water partition coefficient (Wildman–Crippen LogP) is 3.76. The van der Waals surface area contributed by atoms with Crippen LogP contribution in [0.4, 0.5) is 0 Å². The van der Waals surface area contributed by atoms with Gasteiger partial charge in [0.1, 0.15) is 0 Å². The first-order valence-electron chi connectivity index (χ1n) is 5.53. The number of thiophene rings is 1. The van der Waals surface area contributed by atoms with Gasteiger partial charge in [-0.15, -0.1) is 11.3 Å². The van der Waals surface area contributed by atoms with E-state index in [2.05, 4.69) is 54.6 Å². The molecule has 0 radical (unpaired) electrons. The summed E-state index contributed by atoms with van der Waals surface area (Å²) < 4.78 is 0. The highest BCUT2D eigenvalue weighted by atomic mass is 32.1. The van der Waals surface area contributed by atoms with Crippen LogP contribution in [0.2, 0.25) is 0 Å². The molecule has 0 N–H and O–H groups in total. The molecule has 1 aromatic rings. The van der Waals surface area contributed by atoms with Crippen LogP contribution in [0, 0.1) is 0 Å². The van der Waals surface area contributed by atoms with E-state index in [1.54, 1.807) is 0 Å². The van der Waals surface area contributed by atoms with Gasteiger partial charge in [-0.1, -0.05) is 19.1 Å². The van der Waals surface area contributed by atoms with E-state index in [1.165, 1.54) is 10.4 Å². The van der Waals surface area contributed by atoms with Gasteiger partial charge >= 0.3 is 0 Å². The first-order valence-corrected chi connectivity index (χ1v) is 6.41. The molecule has 1 aromatic heterocycles. The summed E-state index contributed by atoms with van der Waals surface area (Å²) in [5.74, 6) is 0. The van der Waals surface area contributed by atoms with Crippen molar-refractivity contribution in [3.05, 3.63) is 46.3 Å². The molecule has 0 aliphatic carbocycles. The predicted molar refractivity (Wildman–Crippen MR) is 67.1 cm³/mol. The fourth-order valence-electron chi connectivity index (χ4n) is 1.97. The quantitative estimate of drug-likeness (QED) is 0.748. The van der Waals surface area contributed by atoms with Crippen LogP contribution in [0.1, 0.15) is 30.3 Å². The van der Waals surface area contributed by atoms with Gasteiger partial charge in [0, 0.05) is 11.4 Å². The fourth-order valence-corrected chi connectivity index (χ4v) is 3.07. The molecule has 0 amide bonds. The van der Waals surface area contributed by atoms with Crippen molar-refractivity contribution >= 4 is 11.3 Å². The van der Waals surface area contributed by atoms with Gasteiger partial charge in [-0.05, 0) is 42.6 Å². The largest absolute Gasteiger partial charge is 0.366 e. The molecule has 1 aliphatic rings. The molecule has 0 spiro atoms. The SMILES string of the molecule is CCc1ccsc1C1C=CC=CN1CC. The number of likely N-dealkylation sites (N-methyl/N-ethyl adjacent to an activating group) is 1. The second-order valence-electron chi connectivity index (χ2n) is 3.67. The zero-order valence-electron chi connectivity index (χ0n) is 9.31. The van der Waals surface area contributed by atoms with E-state index in [1.807, 2.05) is 11.3 Å². The molecule has 80 valence electrons. The molecule has 1 unspecified atom stereocenters. The molecule has 2 rings (SSSR count). The zero-order chi connectivity index (χ0) is 10.7. The average molecular weight is 219 g/mol. The van der Waals surface area contributed by atoms with E-state index in [0.717, 1.165) is 13.0 Å². The Bertz CT molecular complexity index is 376. The Kier molecular flexibility index (Phi) is 3.27. The molecule has 0 bridgehead atoms. The third-order valence-corrected chi connectivity index (χ3v) is 3.86. The van der Waals surface area contributed by atoms with Gasteiger partial charge in [-0.3, -0.25) is 0 Å². The number of allylic oxidation sites excluding steroid dienone is 2. The van der Waals surface area contributed by atoms with Crippen molar-refractivity contribution in [1.82, 2.24) is 4.90 Å². The van der Waals surface area contributed by atoms with Crippen molar-refractivity contribution < 1.29 is 0 Å². The first-order chi connectivity index (χ1) is 7.36. The lowest BCUT2D eigenvalue weighted by Gasteiger charge is -2.29. The fraction of sp³-hybridized carbons (Fsp3) is 0.385. The summed E-state index contributed by atoms with van der Waals surface area (Å²) in [6, 6.07) is 2.70. The molecule has 0 saturated carbocycles. The van der Waals surface area contributed by atoms with Crippen molar-refractivity contribution in [3.63, 3.8) is 0 Å². The van der Waals surface area contributed by atoms with Crippen LogP contribution >= 0.6 is 11.3 Å². The maximum atomic E-state index is 2.38. The van der Waals surface area contributed by atoms with Crippen LogP contribution in [-0.2, 0) is 6.42 Å². The summed E-state index contributed by atoms with van der Waals surface area (Å²) in [4.78, 5) is 3.88. The Morgan fingerprint density at radius 3 is 2.93 bits per heavy atom. The van der Waals surface area contributed by atoms with E-state index >= 15 is 0 Å². The number of hydrogen-bond donors (Lipinski definition) is 0. The monoisotopic (exact) mass is 219 g/mol. The molecule has 2 heteroatoms. The molecule has 1 atom stereocenters. The average Bonchev–Trinajstić information content (AvgIpc) is 2.76. The highest BCUT2D eigenvalue weighted by Crippen LogP contribution is 2.32. The van der Waals surface area contributed by atoms with Gasteiger partial charge in [0.2, 0.25) is 0 Å². The number of aryl methyl sites for hydroxylation is 1. The van der Waals surface area contributed by atoms with Crippen molar-refractivity contribution in [3.8, 4) is 0 Å². The topological polar surface area (TPSA) is 3.24 Å². The summed E-state index contributed by atoms with van der Waals surface area (Å²) in [6.45, 7) is 5.49. The lowest BCUT2D eigenvalue weighted by atomic mass is 10.1. The maximum Gasteiger partial charge on any atom is 0.0819 e. The second-order valence-corrected chi connectivity index (χ2v) is 4.61. The Labute approximate surface area is 95.7 Å². The minimum Gasteiger partial charge on any atom is -0.366 e. The van der Waals surface area contributed by atoms with Crippen LogP contribution < -0.4 is 0 Å². The van der Waals surface area contributed by atoms with Crippen LogP contribution in [0.15, 0.2) is 35.9 Å². The highest BCUT2D eigenvalue weighted by Gasteiger charge is 2.18. The Morgan fingerprint density at radius 1 is 1.33 bits per heavy atom. The van der Waals surface area contributed by atoms with E-state index in [4.69, 9.17) is 0 Å². The lowest BCUT2D eigenvalue weighted by molar-refractivity contribution is 0.341. The summed E-state index contributed by atoms with van der Waals surface area (Å²) in [5.41, 5.74) is 1.49. The van der Waals surface area contributed by atoms with E-state index < -0.39 is 0 Å². The van der Waals surface area contributed by atoms with E-state index in [-0.39, 0.29) is 0 Å². The van der Waals surface area contributed by atoms with Crippen LogP contribution in [-0.4, -0.2) is 11.4 Å². The number of nitrogens with zero attached hydrogens (tertiary/aromatic N) is 1. The zero-order valence-corrected chi connectivity index (χ0v) is 10.1. The highest BCUT2D eigenvalue weighted by molar-refractivity contribution is 7.10. The molecule has 15 heavy (non-hydrogen) atoms. The molecule has 1 aliphatic heterocycles. The van der Waals surface area contributed by atoms with Gasteiger partial charge in [-0.25, -0.2) is 0 Å². The Hall–Kier alpha value is -1.02. The molecule has 2 heterocycles. The summed E-state index contributed by atoms with van der Waals surface area (Å²) in [5, 5.41) is 2.20.